The Balaban J connectivity index is 1.87. The van der Waals surface area contributed by atoms with E-state index in [1.165, 1.54) is 31.4 Å². The highest BCUT2D eigenvalue weighted by Gasteiger charge is 2.33. The highest BCUT2D eigenvalue weighted by Crippen LogP contribution is 2.31. The molecule has 1 aliphatic rings. The van der Waals surface area contributed by atoms with Gasteiger partial charge >= 0.3 is 18.4 Å². The zero-order chi connectivity index (χ0) is 26.6. The van der Waals surface area contributed by atoms with Gasteiger partial charge in [0.2, 0.25) is 0 Å². The van der Waals surface area contributed by atoms with Crippen LogP contribution in [-0.4, -0.2) is 53.1 Å². The van der Waals surface area contributed by atoms with E-state index in [9.17, 15) is 37.5 Å². The van der Waals surface area contributed by atoms with Gasteiger partial charge in [-0.25, -0.2) is 4.79 Å². The van der Waals surface area contributed by atoms with Gasteiger partial charge in [0.15, 0.2) is 11.8 Å². The summed E-state index contributed by atoms with van der Waals surface area (Å²) in [6.07, 6.45) is -3.02. The zero-order valence-corrected chi connectivity index (χ0v) is 19.1. The number of carboxylic acids is 1. The van der Waals surface area contributed by atoms with Gasteiger partial charge in [0.25, 0.3) is 5.91 Å². The van der Waals surface area contributed by atoms with Gasteiger partial charge in [-0.05, 0) is 41.8 Å². The number of benzene rings is 2. The molecule has 9 nitrogen and oxygen atoms in total. The molecule has 3 N–H and O–H groups in total. The predicted octanol–water partition coefficient (Wildman–Crippen LogP) is 3.30. The summed E-state index contributed by atoms with van der Waals surface area (Å²) in [7, 11) is 1.41. The molecular weight excluding hydrogens is 483 g/mol. The minimum atomic E-state index is -4.87. The maximum Gasteiger partial charge on any atom is 0.573 e. The molecule has 2 aromatic carbocycles. The van der Waals surface area contributed by atoms with Crippen LogP contribution < -0.4 is 15.4 Å². The van der Waals surface area contributed by atoms with Crippen molar-refractivity contribution in [3.63, 3.8) is 0 Å². The Labute approximate surface area is 203 Å². The number of hydrogen-bond donors (Lipinski definition) is 3. The van der Waals surface area contributed by atoms with Crippen molar-refractivity contribution in [2.45, 2.75) is 31.8 Å². The van der Waals surface area contributed by atoms with Crippen LogP contribution in [0.25, 0.3) is 11.1 Å². The zero-order valence-electron chi connectivity index (χ0n) is 19.1. The van der Waals surface area contributed by atoms with E-state index in [1.807, 2.05) is 0 Å². The minimum Gasteiger partial charge on any atom is -0.481 e. The van der Waals surface area contributed by atoms with Crippen LogP contribution >= 0.6 is 0 Å². The molecule has 3 amide bonds. The summed E-state index contributed by atoms with van der Waals surface area (Å²) in [5, 5.41) is 14.1. The average Bonchev–Trinajstić information content (AvgIpc) is 2.77. The van der Waals surface area contributed by atoms with Crippen LogP contribution in [0.2, 0.25) is 0 Å². The van der Waals surface area contributed by atoms with Gasteiger partial charge in [0.05, 0.1) is 12.5 Å². The summed E-state index contributed by atoms with van der Waals surface area (Å²) in [5.74, 6) is -2.96. The highest BCUT2D eigenvalue weighted by atomic mass is 19.4. The Morgan fingerprint density at radius 1 is 1.14 bits per heavy atom. The second-order valence-corrected chi connectivity index (χ2v) is 8.08. The first-order valence-electron chi connectivity index (χ1n) is 10.6. The van der Waals surface area contributed by atoms with Crippen molar-refractivity contribution in [1.82, 2.24) is 15.5 Å². The van der Waals surface area contributed by atoms with E-state index in [0.29, 0.717) is 22.3 Å². The van der Waals surface area contributed by atoms with Crippen LogP contribution in [0.15, 0.2) is 54.7 Å². The third-order valence-corrected chi connectivity index (χ3v) is 5.20. The second kappa shape index (κ2) is 10.5. The van der Waals surface area contributed by atoms with Crippen molar-refractivity contribution in [1.29, 1.82) is 0 Å². The molecular formula is C24H22F3N3O6. The van der Waals surface area contributed by atoms with Crippen molar-refractivity contribution in [3.05, 3.63) is 65.9 Å². The lowest BCUT2D eigenvalue weighted by molar-refractivity contribution is -0.274. The van der Waals surface area contributed by atoms with Gasteiger partial charge in [0.1, 0.15) is 5.75 Å². The fraction of sp³-hybridized carbons (Fsp3) is 0.250. The molecule has 190 valence electrons. The van der Waals surface area contributed by atoms with Crippen molar-refractivity contribution >= 4 is 23.7 Å². The summed E-state index contributed by atoms with van der Waals surface area (Å²) in [6, 6.07) is 6.59. The molecule has 1 unspecified atom stereocenters. The second-order valence-electron chi connectivity index (χ2n) is 8.08. The van der Waals surface area contributed by atoms with E-state index < -0.39 is 54.3 Å². The molecule has 2 atom stereocenters. The third kappa shape index (κ3) is 6.84. The molecule has 1 aliphatic heterocycles. The van der Waals surface area contributed by atoms with Crippen LogP contribution in [0.5, 0.6) is 5.75 Å². The Morgan fingerprint density at radius 2 is 1.86 bits per heavy atom. The first kappa shape index (κ1) is 26.3. The molecule has 0 bridgehead atoms. The van der Waals surface area contributed by atoms with Gasteiger partial charge in [-0.3, -0.25) is 14.4 Å². The SMILES string of the molecule is Cc1cc(-c2cccc(OC(F)(F)F)c2)cc([C@H](CC(=O)O)NC(=O)NC2C(=O)C=CN(C)C2=O)c1. The molecule has 0 aromatic heterocycles. The number of halogens is 3. The molecule has 0 spiro atoms. The molecule has 0 fully saturated rings. The predicted molar refractivity (Wildman–Crippen MR) is 121 cm³/mol. The number of aliphatic carboxylic acids is 1. The van der Waals surface area contributed by atoms with E-state index >= 15 is 0 Å². The largest absolute Gasteiger partial charge is 0.573 e. The number of ether oxygens (including phenoxy) is 1. The number of carboxylic acid groups (broad SMARTS) is 1. The lowest BCUT2D eigenvalue weighted by Crippen LogP contribution is -2.55. The lowest BCUT2D eigenvalue weighted by Gasteiger charge is -2.25. The molecule has 0 radical (unpaired) electrons. The van der Waals surface area contributed by atoms with Crippen molar-refractivity contribution in [2.75, 3.05) is 7.05 Å². The van der Waals surface area contributed by atoms with Crippen LogP contribution in [0.4, 0.5) is 18.0 Å². The number of aryl methyl sites for hydroxylation is 1. The van der Waals surface area contributed by atoms with E-state index in [0.717, 1.165) is 17.0 Å². The Bertz CT molecular complexity index is 1230. The van der Waals surface area contributed by atoms with Crippen LogP contribution in [-0.2, 0) is 14.4 Å². The molecule has 0 aliphatic carbocycles. The number of amides is 3. The number of carbonyl (C=O) groups excluding carboxylic acids is 3. The van der Waals surface area contributed by atoms with Crippen LogP contribution in [0, 0.1) is 6.92 Å². The van der Waals surface area contributed by atoms with E-state index in [-0.39, 0.29) is 0 Å². The maximum absolute atomic E-state index is 12.6. The van der Waals surface area contributed by atoms with E-state index in [2.05, 4.69) is 15.4 Å². The number of alkyl halides is 3. The first-order valence-corrected chi connectivity index (χ1v) is 10.6. The smallest absolute Gasteiger partial charge is 0.481 e. The van der Waals surface area contributed by atoms with Gasteiger partial charge in [-0.1, -0.05) is 29.8 Å². The molecule has 0 saturated heterocycles. The van der Waals surface area contributed by atoms with E-state index in [1.54, 1.807) is 25.1 Å². The van der Waals surface area contributed by atoms with Crippen molar-refractivity contribution < 1.29 is 42.2 Å². The van der Waals surface area contributed by atoms with E-state index in [4.69, 9.17) is 0 Å². The average molecular weight is 505 g/mol. The van der Waals surface area contributed by atoms with Crippen LogP contribution in [0.3, 0.4) is 0 Å². The number of carbonyl (C=O) groups is 4. The number of likely N-dealkylation sites (N-methyl/N-ethyl adjacent to an activating group) is 1. The molecule has 0 saturated carbocycles. The maximum atomic E-state index is 12.6. The topological polar surface area (TPSA) is 125 Å². The fourth-order valence-electron chi connectivity index (χ4n) is 3.62. The first-order chi connectivity index (χ1) is 16.8. The van der Waals surface area contributed by atoms with Crippen LogP contribution in [0.1, 0.15) is 23.6 Å². The summed E-state index contributed by atoms with van der Waals surface area (Å²) in [4.78, 5) is 49.5. The molecule has 36 heavy (non-hydrogen) atoms. The number of nitrogens with zero attached hydrogens (tertiary/aromatic N) is 1. The standard InChI is InChI=1S/C24H22F3N3O6/c1-13-8-15(14-4-3-5-17(11-14)36-24(25,26)27)10-16(9-13)18(12-20(32)33)28-23(35)29-21-19(31)6-7-30(2)22(21)34/h3-11,18,21H,12H2,1-2H3,(H,32,33)(H2,28,29,35)/t18-,21?/m0/s1. The molecule has 12 heteroatoms. The fourth-order valence-corrected chi connectivity index (χ4v) is 3.62. The summed E-state index contributed by atoms with van der Waals surface area (Å²) >= 11 is 0. The summed E-state index contributed by atoms with van der Waals surface area (Å²) in [6.45, 7) is 1.70. The van der Waals surface area contributed by atoms with Gasteiger partial charge in [-0.2, -0.15) is 0 Å². The molecule has 2 aromatic rings. The van der Waals surface area contributed by atoms with Gasteiger partial charge < -0.3 is 25.4 Å². The monoisotopic (exact) mass is 505 g/mol. The van der Waals surface area contributed by atoms with Crippen molar-refractivity contribution in [3.8, 4) is 16.9 Å². The summed E-state index contributed by atoms with van der Waals surface area (Å²) < 4.78 is 41.8. The molecule has 3 rings (SSSR count). The highest BCUT2D eigenvalue weighted by molar-refractivity contribution is 6.14. The molecule has 1 heterocycles. The summed E-state index contributed by atoms with van der Waals surface area (Å²) in [5.41, 5.74) is 1.82. The lowest BCUT2D eigenvalue weighted by atomic mass is 9.95. The Hall–Kier alpha value is -4.35. The third-order valence-electron chi connectivity index (χ3n) is 5.20. The van der Waals surface area contributed by atoms with Gasteiger partial charge in [0, 0.05) is 19.3 Å². The Kier molecular flexibility index (Phi) is 7.66. The quantitative estimate of drug-likeness (QED) is 0.496. The normalized spacial score (nSPS) is 16.5. The Morgan fingerprint density at radius 3 is 2.53 bits per heavy atom. The van der Waals surface area contributed by atoms with Gasteiger partial charge in [-0.15, -0.1) is 13.2 Å². The number of rotatable bonds is 7. The number of nitrogens with one attached hydrogen (secondary N) is 2. The number of urea groups is 1. The van der Waals surface area contributed by atoms with Crippen molar-refractivity contribution in [2.24, 2.45) is 0 Å². The number of hydrogen-bond acceptors (Lipinski definition) is 5. The number of ketones is 1. The minimum absolute atomic E-state index is 0.350.